The summed E-state index contributed by atoms with van der Waals surface area (Å²) < 4.78 is 11.2. The summed E-state index contributed by atoms with van der Waals surface area (Å²) in [5, 5.41) is 6.52. The van der Waals surface area contributed by atoms with Crippen LogP contribution in [0.2, 0.25) is 0 Å². The molecule has 2 unspecified atom stereocenters. The van der Waals surface area contributed by atoms with Gasteiger partial charge in [-0.3, -0.25) is 0 Å². The normalized spacial score (nSPS) is 22.6. The van der Waals surface area contributed by atoms with Gasteiger partial charge >= 0.3 is 6.09 Å². The second kappa shape index (κ2) is 8.16. The Bertz CT molecular complexity index is 348. The Morgan fingerprint density at radius 1 is 1.23 bits per heavy atom. The molecular weight excluding hydrogens is 280 g/mol. The van der Waals surface area contributed by atoms with E-state index in [0.717, 1.165) is 32.2 Å². The molecule has 5 nitrogen and oxygen atoms in total. The number of carbonyl (C=O) groups excluding carboxylic acids is 1. The number of hydrogen-bond donors (Lipinski definition) is 2. The highest BCUT2D eigenvalue weighted by molar-refractivity contribution is 5.67. The molecule has 0 radical (unpaired) electrons. The Hall–Kier alpha value is -0.810. The summed E-state index contributed by atoms with van der Waals surface area (Å²) in [7, 11) is 0. The minimum atomic E-state index is -0.466. The van der Waals surface area contributed by atoms with E-state index in [9.17, 15) is 4.79 Å². The lowest BCUT2D eigenvalue weighted by atomic mass is 9.92. The SMILES string of the molecule is CCC(CC)(CNC(=O)OC(C)(C)C)NCC1CCC(C)O1. The molecular formula is C17H34N2O3. The fourth-order valence-electron chi connectivity index (χ4n) is 2.73. The number of nitrogens with one attached hydrogen (secondary N) is 2. The van der Waals surface area contributed by atoms with Crippen LogP contribution in [0.3, 0.4) is 0 Å². The van der Waals surface area contributed by atoms with Crippen molar-refractivity contribution in [1.82, 2.24) is 10.6 Å². The van der Waals surface area contributed by atoms with Gasteiger partial charge in [0.05, 0.1) is 12.2 Å². The molecule has 22 heavy (non-hydrogen) atoms. The average molecular weight is 314 g/mol. The topological polar surface area (TPSA) is 59.6 Å². The summed E-state index contributed by atoms with van der Waals surface area (Å²) in [6.45, 7) is 13.4. The Labute approximate surface area is 135 Å². The Morgan fingerprint density at radius 3 is 2.32 bits per heavy atom. The van der Waals surface area contributed by atoms with Crippen LogP contribution in [0, 0.1) is 0 Å². The molecule has 1 aliphatic rings. The van der Waals surface area contributed by atoms with Crippen LogP contribution in [-0.4, -0.2) is 42.5 Å². The Balaban J connectivity index is 2.46. The second-order valence-corrected chi connectivity index (χ2v) is 7.37. The van der Waals surface area contributed by atoms with Crippen molar-refractivity contribution in [1.29, 1.82) is 0 Å². The lowest BCUT2D eigenvalue weighted by molar-refractivity contribution is 0.0451. The summed E-state index contributed by atoms with van der Waals surface area (Å²) in [5.41, 5.74) is -0.571. The molecule has 1 fully saturated rings. The van der Waals surface area contributed by atoms with Crippen LogP contribution in [0.25, 0.3) is 0 Å². The maximum atomic E-state index is 11.9. The first-order chi connectivity index (χ1) is 10.2. The zero-order valence-corrected chi connectivity index (χ0v) is 15.1. The standard InChI is InChI=1S/C17H34N2O3/c1-7-17(8-2,12-18-15(20)22-16(4,5)6)19-11-14-10-9-13(3)21-14/h13-14,19H,7-12H2,1-6H3,(H,18,20). The molecule has 1 amide bonds. The molecule has 0 bridgehead atoms. The van der Waals surface area contributed by atoms with Crippen LogP contribution < -0.4 is 10.6 Å². The quantitative estimate of drug-likeness (QED) is 0.757. The van der Waals surface area contributed by atoms with Crippen LogP contribution in [-0.2, 0) is 9.47 Å². The van der Waals surface area contributed by atoms with E-state index in [4.69, 9.17) is 9.47 Å². The molecule has 0 aromatic rings. The molecule has 0 aliphatic carbocycles. The van der Waals surface area contributed by atoms with Crippen molar-refractivity contribution in [2.45, 2.75) is 90.6 Å². The molecule has 0 aromatic carbocycles. The monoisotopic (exact) mass is 314 g/mol. The van der Waals surface area contributed by atoms with Crippen LogP contribution in [0.4, 0.5) is 4.79 Å². The first-order valence-electron chi connectivity index (χ1n) is 8.57. The molecule has 1 saturated heterocycles. The van der Waals surface area contributed by atoms with E-state index in [2.05, 4.69) is 31.4 Å². The van der Waals surface area contributed by atoms with E-state index < -0.39 is 5.60 Å². The van der Waals surface area contributed by atoms with Gasteiger partial charge < -0.3 is 20.1 Å². The van der Waals surface area contributed by atoms with E-state index in [1.54, 1.807) is 0 Å². The molecule has 0 spiro atoms. The van der Waals surface area contributed by atoms with Crippen molar-refractivity contribution < 1.29 is 14.3 Å². The highest BCUT2D eigenvalue weighted by Crippen LogP contribution is 2.21. The van der Waals surface area contributed by atoms with E-state index in [1.807, 2.05) is 20.8 Å². The number of hydrogen-bond acceptors (Lipinski definition) is 4. The third kappa shape index (κ3) is 6.53. The summed E-state index contributed by atoms with van der Waals surface area (Å²) in [5.74, 6) is 0. The maximum absolute atomic E-state index is 11.9. The van der Waals surface area contributed by atoms with Gasteiger partial charge in [0.2, 0.25) is 0 Å². The van der Waals surface area contributed by atoms with Gasteiger partial charge in [-0.05, 0) is 53.4 Å². The van der Waals surface area contributed by atoms with Crippen molar-refractivity contribution in [3.8, 4) is 0 Å². The molecule has 0 aromatic heterocycles. The smallest absolute Gasteiger partial charge is 0.407 e. The van der Waals surface area contributed by atoms with E-state index >= 15 is 0 Å². The van der Waals surface area contributed by atoms with Gasteiger partial charge in [0, 0.05) is 18.6 Å². The van der Waals surface area contributed by atoms with Crippen LogP contribution in [0.15, 0.2) is 0 Å². The first kappa shape index (κ1) is 19.2. The van der Waals surface area contributed by atoms with Gasteiger partial charge in [-0.2, -0.15) is 0 Å². The number of rotatable bonds is 7. The highest BCUT2D eigenvalue weighted by Gasteiger charge is 2.30. The largest absolute Gasteiger partial charge is 0.444 e. The zero-order chi connectivity index (χ0) is 16.8. The van der Waals surface area contributed by atoms with Gasteiger partial charge in [-0.25, -0.2) is 4.79 Å². The molecule has 1 rings (SSSR count). The average Bonchev–Trinajstić information content (AvgIpc) is 2.84. The lowest BCUT2D eigenvalue weighted by Crippen LogP contribution is -2.55. The highest BCUT2D eigenvalue weighted by atomic mass is 16.6. The summed E-state index contributed by atoms with van der Waals surface area (Å²) >= 11 is 0. The molecule has 5 heteroatoms. The molecule has 0 saturated carbocycles. The Kier molecular flexibility index (Phi) is 7.13. The number of alkyl carbamates (subject to hydrolysis) is 1. The van der Waals surface area contributed by atoms with Gasteiger partial charge in [-0.1, -0.05) is 13.8 Å². The van der Waals surface area contributed by atoms with Crippen molar-refractivity contribution in [2.75, 3.05) is 13.1 Å². The summed E-state index contributed by atoms with van der Waals surface area (Å²) in [6, 6.07) is 0. The van der Waals surface area contributed by atoms with Crippen LogP contribution in [0.5, 0.6) is 0 Å². The van der Waals surface area contributed by atoms with E-state index in [-0.39, 0.29) is 17.7 Å². The molecule has 2 N–H and O–H groups in total. The van der Waals surface area contributed by atoms with Gasteiger partial charge in [0.25, 0.3) is 0 Å². The predicted molar refractivity (Wildman–Crippen MR) is 89.1 cm³/mol. The molecule has 130 valence electrons. The fraction of sp³-hybridized carbons (Fsp3) is 0.941. The minimum absolute atomic E-state index is 0.105. The van der Waals surface area contributed by atoms with Crippen LogP contribution >= 0.6 is 0 Å². The van der Waals surface area contributed by atoms with Crippen LogP contribution in [0.1, 0.15) is 67.2 Å². The summed E-state index contributed by atoms with van der Waals surface area (Å²) in [4.78, 5) is 11.9. The van der Waals surface area contributed by atoms with Gasteiger partial charge in [-0.15, -0.1) is 0 Å². The first-order valence-corrected chi connectivity index (χ1v) is 8.57. The van der Waals surface area contributed by atoms with E-state index in [0.29, 0.717) is 12.6 Å². The lowest BCUT2D eigenvalue weighted by Gasteiger charge is -2.34. The number of carbonyl (C=O) groups is 1. The van der Waals surface area contributed by atoms with Crippen molar-refractivity contribution in [2.24, 2.45) is 0 Å². The third-order valence-electron chi connectivity index (χ3n) is 4.35. The second-order valence-electron chi connectivity index (χ2n) is 7.37. The molecule has 2 atom stereocenters. The number of amides is 1. The zero-order valence-electron chi connectivity index (χ0n) is 15.1. The van der Waals surface area contributed by atoms with E-state index in [1.165, 1.54) is 0 Å². The summed E-state index contributed by atoms with van der Waals surface area (Å²) in [6.07, 6.45) is 4.43. The van der Waals surface area contributed by atoms with Crippen molar-refractivity contribution in [3.05, 3.63) is 0 Å². The van der Waals surface area contributed by atoms with Crippen molar-refractivity contribution >= 4 is 6.09 Å². The predicted octanol–water partition coefficient (Wildman–Crippen LogP) is 3.23. The van der Waals surface area contributed by atoms with Crippen molar-refractivity contribution in [3.63, 3.8) is 0 Å². The molecule has 1 aliphatic heterocycles. The molecule has 1 heterocycles. The van der Waals surface area contributed by atoms with Gasteiger partial charge in [0.15, 0.2) is 0 Å². The van der Waals surface area contributed by atoms with Gasteiger partial charge in [0.1, 0.15) is 5.60 Å². The fourth-order valence-corrected chi connectivity index (χ4v) is 2.73. The Morgan fingerprint density at radius 2 is 1.86 bits per heavy atom. The third-order valence-corrected chi connectivity index (χ3v) is 4.35. The number of ether oxygens (including phenoxy) is 2. The minimum Gasteiger partial charge on any atom is -0.444 e. The maximum Gasteiger partial charge on any atom is 0.407 e.